The van der Waals surface area contributed by atoms with Gasteiger partial charge in [0.05, 0.1) is 34.2 Å². The fourth-order valence-corrected chi connectivity index (χ4v) is 2.97. The topological polar surface area (TPSA) is 68.2 Å². The summed E-state index contributed by atoms with van der Waals surface area (Å²) < 4.78 is 6.89. The number of ether oxygens (including phenoxy) is 1. The molecule has 3 aromatic rings. The average molecular weight is 433 g/mol. The molecule has 0 aliphatic carbocycles. The molecule has 2 aromatic carbocycles. The van der Waals surface area contributed by atoms with Crippen LogP contribution in [0.1, 0.15) is 26.5 Å². The van der Waals surface area contributed by atoms with E-state index in [1.807, 2.05) is 30.3 Å². The number of urea groups is 1. The Morgan fingerprint density at radius 1 is 1.07 bits per heavy atom. The molecule has 0 spiro atoms. The zero-order valence-electron chi connectivity index (χ0n) is 16.6. The van der Waals surface area contributed by atoms with Gasteiger partial charge in [0.25, 0.3) is 0 Å². The van der Waals surface area contributed by atoms with E-state index in [0.717, 1.165) is 17.1 Å². The Morgan fingerprint density at radius 3 is 2.38 bits per heavy atom. The van der Waals surface area contributed by atoms with Crippen LogP contribution in [-0.4, -0.2) is 22.9 Å². The molecule has 1 heterocycles. The number of carbonyl (C=O) groups excluding carboxylic acids is 1. The minimum Gasteiger partial charge on any atom is -0.497 e. The van der Waals surface area contributed by atoms with Crippen molar-refractivity contribution in [1.29, 1.82) is 0 Å². The van der Waals surface area contributed by atoms with Crippen molar-refractivity contribution in [1.82, 2.24) is 9.78 Å². The van der Waals surface area contributed by atoms with Gasteiger partial charge in [0.1, 0.15) is 11.6 Å². The summed E-state index contributed by atoms with van der Waals surface area (Å²) in [5.41, 5.74) is 1.85. The smallest absolute Gasteiger partial charge is 0.324 e. The predicted octanol–water partition coefficient (Wildman–Crippen LogP) is 6.13. The van der Waals surface area contributed by atoms with Gasteiger partial charge in [-0.3, -0.25) is 5.32 Å². The molecule has 1 aromatic heterocycles. The summed E-state index contributed by atoms with van der Waals surface area (Å²) in [7, 11) is 1.61. The van der Waals surface area contributed by atoms with E-state index in [1.54, 1.807) is 30.0 Å². The predicted molar refractivity (Wildman–Crippen MR) is 118 cm³/mol. The second-order valence-corrected chi connectivity index (χ2v) is 8.24. The number of nitrogens with zero attached hydrogens (tertiary/aromatic N) is 2. The van der Waals surface area contributed by atoms with Crippen LogP contribution in [0, 0.1) is 0 Å². The van der Waals surface area contributed by atoms with E-state index < -0.39 is 6.03 Å². The van der Waals surface area contributed by atoms with E-state index in [1.165, 1.54) is 0 Å². The number of benzene rings is 2. The number of nitrogens with one attached hydrogen (secondary N) is 2. The zero-order valence-corrected chi connectivity index (χ0v) is 18.1. The SMILES string of the molecule is COc1ccc(-n2nc(C(C)(C)C)cc2NC(=O)Nc2cccc(Cl)c2Cl)cc1. The van der Waals surface area contributed by atoms with Crippen molar-refractivity contribution in [2.45, 2.75) is 26.2 Å². The highest BCUT2D eigenvalue weighted by Crippen LogP contribution is 2.30. The summed E-state index contributed by atoms with van der Waals surface area (Å²) in [6, 6.07) is 13.9. The number of hydrogen-bond acceptors (Lipinski definition) is 3. The van der Waals surface area contributed by atoms with Crippen LogP contribution < -0.4 is 15.4 Å². The van der Waals surface area contributed by atoms with Crippen molar-refractivity contribution in [3.05, 3.63) is 64.3 Å². The number of anilines is 2. The summed E-state index contributed by atoms with van der Waals surface area (Å²) in [6.45, 7) is 6.18. The van der Waals surface area contributed by atoms with Gasteiger partial charge in [0.15, 0.2) is 0 Å². The van der Waals surface area contributed by atoms with E-state index in [2.05, 4.69) is 36.5 Å². The van der Waals surface area contributed by atoms with Crippen molar-refractivity contribution in [2.24, 2.45) is 0 Å². The van der Waals surface area contributed by atoms with Crippen LogP contribution in [0.15, 0.2) is 48.5 Å². The number of methoxy groups -OCH3 is 1. The molecule has 0 saturated carbocycles. The summed E-state index contributed by atoms with van der Waals surface area (Å²) in [6.07, 6.45) is 0. The summed E-state index contributed by atoms with van der Waals surface area (Å²) in [5.74, 6) is 1.26. The largest absolute Gasteiger partial charge is 0.497 e. The Balaban J connectivity index is 1.91. The molecular formula is C21H22Cl2N4O2. The molecule has 8 heteroatoms. The minimum atomic E-state index is -0.454. The van der Waals surface area contributed by atoms with Crippen LogP contribution in [0.5, 0.6) is 5.75 Å². The third-order valence-electron chi connectivity index (χ3n) is 4.24. The maximum absolute atomic E-state index is 12.6. The lowest BCUT2D eigenvalue weighted by atomic mass is 9.92. The molecule has 0 saturated heterocycles. The summed E-state index contributed by atoms with van der Waals surface area (Å²) >= 11 is 12.2. The molecule has 29 heavy (non-hydrogen) atoms. The van der Waals surface area contributed by atoms with Gasteiger partial charge in [-0.05, 0) is 36.4 Å². The van der Waals surface area contributed by atoms with Crippen molar-refractivity contribution in [2.75, 3.05) is 17.7 Å². The Morgan fingerprint density at radius 2 is 1.76 bits per heavy atom. The standard InChI is InChI=1S/C21H22Cl2N4O2/c1-21(2,3)17-12-18(27(26-17)13-8-10-14(29-4)11-9-13)25-20(28)24-16-7-5-6-15(22)19(16)23/h5-12H,1-4H3,(H2,24,25,28). The molecule has 0 bridgehead atoms. The van der Waals surface area contributed by atoms with Gasteiger partial charge in [0, 0.05) is 11.5 Å². The van der Waals surface area contributed by atoms with Crippen LogP contribution in [0.3, 0.4) is 0 Å². The number of hydrogen-bond donors (Lipinski definition) is 2. The Kier molecular flexibility index (Phi) is 6.05. The lowest BCUT2D eigenvalue weighted by Crippen LogP contribution is -2.21. The first kappa shape index (κ1) is 21.0. The average Bonchev–Trinajstić information content (AvgIpc) is 3.09. The van der Waals surface area contributed by atoms with Crippen molar-refractivity contribution < 1.29 is 9.53 Å². The van der Waals surface area contributed by atoms with Gasteiger partial charge in [-0.2, -0.15) is 5.10 Å². The molecule has 0 aliphatic rings. The third-order valence-corrected chi connectivity index (χ3v) is 5.06. The maximum Gasteiger partial charge on any atom is 0.324 e. The van der Waals surface area contributed by atoms with Gasteiger partial charge in [-0.15, -0.1) is 0 Å². The molecule has 0 radical (unpaired) electrons. The molecule has 0 fully saturated rings. The molecular weight excluding hydrogens is 411 g/mol. The lowest BCUT2D eigenvalue weighted by molar-refractivity contribution is 0.262. The Labute approximate surface area is 179 Å². The molecule has 3 rings (SSSR count). The van der Waals surface area contributed by atoms with Crippen LogP contribution in [0.25, 0.3) is 5.69 Å². The van der Waals surface area contributed by atoms with E-state index in [-0.39, 0.29) is 10.4 Å². The maximum atomic E-state index is 12.6. The number of carbonyl (C=O) groups is 1. The second kappa shape index (κ2) is 8.35. The van der Waals surface area contributed by atoms with Gasteiger partial charge in [-0.25, -0.2) is 9.48 Å². The molecule has 0 atom stereocenters. The zero-order chi connectivity index (χ0) is 21.2. The first-order valence-corrected chi connectivity index (χ1v) is 9.71. The quantitative estimate of drug-likeness (QED) is 0.520. The fourth-order valence-electron chi connectivity index (χ4n) is 2.63. The first-order valence-electron chi connectivity index (χ1n) is 8.96. The van der Waals surface area contributed by atoms with Gasteiger partial charge in [-0.1, -0.05) is 50.0 Å². The second-order valence-electron chi connectivity index (χ2n) is 7.46. The molecule has 2 N–H and O–H groups in total. The highest BCUT2D eigenvalue weighted by atomic mass is 35.5. The van der Waals surface area contributed by atoms with Crippen LogP contribution in [-0.2, 0) is 5.41 Å². The minimum absolute atomic E-state index is 0.194. The van der Waals surface area contributed by atoms with Crippen LogP contribution >= 0.6 is 23.2 Å². The van der Waals surface area contributed by atoms with Crippen molar-refractivity contribution >= 4 is 40.7 Å². The first-order chi connectivity index (χ1) is 13.7. The highest BCUT2D eigenvalue weighted by Gasteiger charge is 2.22. The third kappa shape index (κ3) is 4.83. The molecule has 2 amide bonds. The highest BCUT2D eigenvalue weighted by molar-refractivity contribution is 6.44. The lowest BCUT2D eigenvalue weighted by Gasteiger charge is -2.14. The van der Waals surface area contributed by atoms with Crippen molar-refractivity contribution in [3.63, 3.8) is 0 Å². The van der Waals surface area contributed by atoms with E-state index in [4.69, 9.17) is 27.9 Å². The van der Waals surface area contributed by atoms with E-state index >= 15 is 0 Å². The number of halogens is 2. The molecule has 0 aliphatic heterocycles. The number of rotatable bonds is 4. The summed E-state index contributed by atoms with van der Waals surface area (Å²) in [5, 5.41) is 10.9. The summed E-state index contributed by atoms with van der Waals surface area (Å²) in [4.78, 5) is 12.6. The monoisotopic (exact) mass is 432 g/mol. The molecule has 0 unspecified atom stereocenters. The molecule has 152 valence electrons. The fraction of sp³-hybridized carbons (Fsp3) is 0.238. The number of aromatic nitrogens is 2. The van der Waals surface area contributed by atoms with E-state index in [0.29, 0.717) is 16.5 Å². The van der Waals surface area contributed by atoms with Gasteiger partial charge < -0.3 is 10.1 Å². The van der Waals surface area contributed by atoms with Crippen molar-refractivity contribution in [3.8, 4) is 11.4 Å². The van der Waals surface area contributed by atoms with Gasteiger partial charge >= 0.3 is 6.03 Å². The Bertz CT molecular complexity index is 1020. The van der Waals surface area contributed by atoms with Gasteiger partial charge in [0.2, 0.25) is 0 Å². The molecule has 6 nitrogen and oxygen atoms in total. The Hall–Kier alpha value is -2.70. The van der Waals surface area contributed by atoms with Crippen LogP contribution in [0.4, 0.5) is 16.3 Å². The number of amides is 2. The van der Waals surface area contributed by atoms with E-state index in [9.17, 15) is 4.79 Å². The normalized spacial score (nSPS) is 11.2. The van der Waals surface area contributed by atoms with Crippen LogP contribution in [0.2, 0.25) is 10.0 Å².